The van der Waals surface area contributed by atoms with Gasteiger partial charge < -0.3 is 9.30 Å². The summed E-state index contributed by atoms with van der Waals surface area (Å²) in [7, 11) is 2.01. The molecule has 0 radical (unpaired) electrons. The minimum atomic E-state index is -0.206. The first-order valence-electron chi connectivity index (χ1n) is 10.5. The average molecular weight is 405 g/mol. The minimum absolute atomic E-state index is 0.206. The van der Waals surface area contributed by atoms with Gasteiger partial charge in [0.05, 0.1) is 24.8 Å². The van der Waals surface area contributed by atoms with Crippen LogP contribution in [-0.4, -0.2) is 9.55 Å². The molecule has 1 atom stereocenters. The third-order valence-corrected chi connectivity index (χ3v) is 5.67. The number of rotatable bonds is 6. The third kappa shape index (κ3) is 4.00. The van der Waals surface area contributed by atoms with Crippen molar-refractivity contribution >= 4 is 10.8 Å². The van der Waals surface area contributed by atoms with E-state index in [0.29, 0.717) is 6.61 Å². The lowest BCUT2D eigenvalue weighted by Gasteiger charge is -2.20. The van der Waals surface area contributed by atoms with Gasteiger partial charge in [-0.25, -0.2) is 4.98 Å². The van der Waals surface area contributed by atoms with Gasteiger partial charge in [-0.2, -0.15) is 0 Å². The molecule has 0 saturated carbocycles. The Balaban J connectivity index is 1.55. The summed E-state index contributed by atoms with van der Waals surface area (Å²) in [5.41, 5.74) is 5.72. The second kappa shape index (κ2) is 8.58. The molecule has 0 aliphatic carbocycles. The van der Waals surface area contributed by atoms with Crippen LogP contribution in [0.5, 0.6) is 0 Å². The van der Waals surface area contributed by atoms with E-state index in [1.165, 1.54) is 21.9 Å². The predicted molar refractivity (Wildman–Crippen MR) is 126 cm³/mol. The highest BCUT2D eigenvalue weighted by atomic mass is 16.5. The molecule has 1 unspecified atom stereocenters. The Morgan fingerprint density at radius 1 is 0.839 bits per heavy atom. The Kier molecular flexibility index (Phi) is 5.34. The molecule has 0 bridgehead atoms. The van der Waals surface area contributed by atoms with Crippen LogP contribution in [0.1, 0.15) is 22.9 Å². The van der Waals surface area contributed by atoms with Crippen LogP contribution in [0.3, 0.4) is 0 Å². The molecule has 0 saturated heterocycles. The van der Waals surface area contributed by atoms with E-state index in [9.17, 15) is 0 Å². The molecule has 5 rings (SSSR count). The van der Waals surface area contributed by atoms with Crippen LogP contribution in [0.2, 0.25) is 0 Å². The predicted octanol–water partition coefficient (Wildman–Crippen LogP) is 6.55. The first-order chi connectivity index (χ1) is 15.3. The fourth-order valence-electron chi connectivity index (χ4n) is 4.07. The molecule has 3 heteroatoms. The normalized spacial score (nSPS) is 12.2. The summed E-state index contributed by atoms with van der Waals surface area (Å²) in [4.78, 5) is 4.33. The van der Waals surface area contributed by atoms with Crippen molar-refractivity contribution in [1.29, 1.82) is 0 Å². The van der Waals surface area contributed by atoms with Gasteiger partial charge in [0.25, 0.3) is 0 Å². The second-order valence-electron chi connectivity index (χ2n) is 7.76. The van der Waals surface area contributed by atoms with Gasteiger partial charge in [-0.05, 0) is 39.1 Å². The number of ether oxygens (including phenoxy) is 1. The lowest BCUT2D eigenvalue weighted by Crippen LogP contribution is -2.10. The van der Waals surface area contributed by atoms with Gasteiger partial charge in [-0.15, -0.1) is 0 Å². The molecule has 1 heterocycles. The third-order valence-electron chi connectivity index (χ3n) is 5.67. The van der Waals surface area contributed by atoms with E-state index in [-0.39, 0.29) is 6.10 Å². The largest absolute Gasteiger partial charge is 0.363 e. The molecule has 31 heavy (non-hydrogen) atoms. The number of benzene rings is 4. The highest BCUT2D eigenvalue weighted by Gasteiger charge is 2.19. The Morgan fingerprint density at radius 2 is 1.61 bits per heavy atom. The molecule has 0 N–H and O–H groups in total. The molecule has 3 nitrogen and oxygen atoms in total. The van der Waals surface area contributed by atoms with Crippen LogP contribution in [0.15, 0.2) is 110 Å². The van der Waals surface area contributed by atoms with Gasteiger partial charge in [0, 0.05) is 7.05 Å². The van der Waals surface area contributed by atoms with E-state index in [1.54, 1.807) is 0 Å². The summed E-state index contributed by atoms with van der Waals surface area (Å²) in [5, 5.41) is 2.50. The maximum atomic E-state index is 6.46. The summed E-state index contributed by atoms with van der Waals surface area (Å²) in [6.07, 6.45) is 3.51. The van der Waals surface area contributed by atoms with E-state index in [2.05, 4.69) is 83.8 Å². The van der Waals surface area contributed by atoms with Gasteiger partial charge in [0.1, 0.15) is 6.10 Å². The number of fused-ring (bicyclic) bond motifs is 1. The highest BCUT2D eigenvalue weighted by molar-refractivity contribution is 5.96. The lowest BCUT2D eigenvalue weighted by molar-refractivity contribution is 0.0622. The fraction of sp³-hybridized carbons (Fsp3) is 0.107. The van der Waals surface area contributed by atoms with Crippen LogP contribution in [-0.2, 0) is 18.4 Å². The van der Waals surface area contributed by atoms with Gasteiger partial charge in [-0.1, -0.05) is 91.0 Å². The molecule has 0 spiro atoms. The number of nitrogens with zero attached hydrogens (tertiary/aromatic N) is 2. The van der Waals surface area contributed by atoms with Crippen LogP contribution in [0.4, 0.5) is 0 Å². The maximum Gasteiger partial charge on any atom is 0.124 e. The average Bonchev–Trinajstić information content (AvgIpc) is 3.25. The van der Waals surface area contributed by atoms with Crippen LogP contribution in [0.25, 0.3) is 21.9 Å². The Bertz CT molecular complexity index is 1300. The quantitative estimate of drug-likeness (QED) is 0.321. The van der Waals surface area contributed by atoms with Crippen molar-refractivity contribution < 1.29 is 4.74 Å². The van der Waals surface area contributed by atoms with Crippen LogP contribution >= 0.6 is 0 Å². The van der Waals surface area contributed by atoms with Crippen molar-refractivity contribution in [3.05, 3.63) is 126 Å². The lowest BCUT2D eigenvalue weighted by atomic mass is 9.95. The first-order valence-corrected chi connectivity index (χ1v) is 10.5. The summed E-state index contributed by atoms with van der Waals surface area (Å²) < 4.78 is 8.48. The van der Waals surface area contributed by atoms with Crippen molar-refractivity contribution in [2.75, 3.05) is 0 Å². The summed E-state index contributed by atoms with van der Waals surface area (Å²) in [6, 6.07) is 33.9. The molecule has 5 aromatic rings. The van der Waals surface area contributed by atoms with Gasteiger partial charge in [-0.3, -0.25) is 0 Å². The molecule has 1 aromatic heterocycles. The van der Waals surface area contributed by atoms with E-state index >= 15 is 0 Å². The van der Waals surface area contributed by atoms with Gasteiger partial charge >= 0.3 is 0 Å². The summed E-state index contributed by atoms with van der Waals surface area (Å²) >= 11 is 0. The molecular weight excluding hydrogens is 380 g/mol. The maximum absolute atomic E-state index is 6.46. The Hall–Kier alpha value is -3.69. The van der Waals surface area contributed by atoms with Gasteiger partial charge in [0.15, 0.2) is 0 Å². The number of hydrogen-bond donors (Lipinski definition) is 0. The number of aryl methyl sites for hydroxylation is 1. The zero-order valence-electron chi connectivity index (χ0n) is 17.5. The highest BCUT2D eigenvalue weighted by Crippen LogP contribution is 2.33. The van der Waals surface area contributed by atoms with Crippen molar-refractivity contribution in [2.24, 2.45) is 7.05 Å². The number of hydrogen-bond acceptors (Lipinski definition) is 2. The molecule has 0 aliphatic heterocycles. The van der Waals surface area contributed by atoms with E-state index in [0.717, 1.165) is 16.8 Å². The van der Waals surface area contributed by atoms with Crippen LogP contribution < -0.4 is 0 Å². The van der Waals surface area contributed by atoms with Crippen molar-refractivity contribution in [1.82, 2.24) is 9.55 Å². The first kappa shape index (κ1) is 19.3. The topological polar surface area (TPSA) is 27.1 Å². The number of aromatic nitrogens is 2. The SMILES string of the molecule is Cn1cncc1C(OCc1ccccc1)c1cccc(-c2cccc3ccccc23)c1. The minimum Gasteiger partial charge on any atom is -0.363 e. The van der Waals surface area contributed by atoms with E-state index in [1.807, 2.05) is 42.3 Å². The molecule has 0 fully saturated rings. The van der Waals surface area contributed by atoms with Crippen molar-refractivity contribution in [3.63, 3.8) is 0 Å². The molecule has 152 valence electrons. The molecule has 0 amide bonds. The number of imidazole rings is 1. The monoisotopic (exact) mass is 404 g/mol. The smallest absolute Gasteiger partial charge is 0.124 e. The van der Waals surface area contributed by atoms with Crippen molar-refractivity contribution in [3.8, 4) is 11.1 Å². The van der Waals surface area contributed by atoms with E-state index < -0.39 is 0 Å². The zero-order valence-corrected chi connectivity index (χ0v) is 17.5. The molecular formula is C28H24N2O. The molecule has 4 aromatic carbocycles. The van der Waals surface area contributed by atoms with Crippen molar-refractivity contribution in [2.45, 2.75) is 12.7 Å². The summed E-state index contributed by atoms with van der Waals surface area (Å²) in [5.74, 6) is 0. The Labute approximate surface area is 182 Å². The molecule has 0 aliphatic rings. The van der Waals surface area contributed by atoms with Gasteiger partial charge in [0.2, 0.25) is 0 Å². The summed E-state index contributed by atoms with van der Waals surface area (Å²) in [6.45, 7) is 0.537. The van der Waals surface area contributed by atoms with E-state index in [4.69, 9.17) is 4.74 Å². The standard InChI is InChI=1S/C28H24N2O/c1-30-20-29-18-27(30)28(31-19-21-9-3-2-4-10-21)24-14-7-13-23(17-24)26-16-8-12-22-11-5-6-15-25(22)26/h2-18,20,28H,19H2,1H3. The Morgan fingerprint density at radius 3 is 2.45 bits per heavy atom. The zero-order chi connectivity index (χ0) is 21.0. The second-order valence-corrected chi connectivity index (χ2v) is 7.76. The fourth-order valence-corrected chi connectivity index (χ4v) is 4.07. The van der Waals surface area contributed by atoms with Crippen LogP contribution in [0, 0.1) is 0 Å².